The number of aromatic nitrogens is 1. The van der Waals surface area contributed by atoms with Gasteiger partial charge in [0.25, 0.3) is 11.6 Å². The average Bonchev–Trinajstić information content (AvgIpc) is 3.54. The monoisotopic (exact) mass is 877 g/mol. The van der Waals surface area contributed by atoms with Crippen LogP contribution in [-0.2, 0) is 62.4 Å². The lowest BCUT2D eigenvalue weighted by molar-refractivity contribution is -0.260. The Morgan fingerprint density at radius 2 is 1.40 bits per heavy atom. The summed E-state index contributed by atoms with van der Waals surface area (Å²) >= 11 is 0. The smallest absolute Gasteiger partial charge is 0.368 e. The second kappa shape index (κ2) is 23.9. The van der Waals surface area contributed by atoms with Crippen LogP contribution < -0.4 is 4.74 Å². The van der Waals surface area contributed by atoms with Gasteiger partial charge in [0.2, 0.25) is 0 Å². The van der Waals surface area contributed by atoms with Gasteiger partial charge in [-0.15, -0.1) is 12.8 Å². The molecule has 1 saturated carbocycles. The Kier molecular flexibility index (Phi) is 20.0. The molecular weight excluding hydrogens is 811 g/mol. The molecule has 0 amide bonds. The van der Waals surface area contributed by atoms with Crippen molar-refractivity contribution in [2.24, 2.45) is 22.7 Å². The summed E-state index contributed by atoms with van der Waals surface area (Å²) in [7, 11) is 5.03. The van der Waals surface area contributed by atoms with Gasteiger partial charge in [-0.25, -0.2) is 9.59 Å². The Balaban J connectivity index is 1.72. The van der Waals surface area contributed by atoms with Crippen LogP contribution in [0.25, 0.3) is 0 Å². The number of nitrogens with zero attached hydrogens (tertiary/aromatic N) is 1. The number of hydrogen-bond donors (Lipinski definition) is 3. The lowest BCUT2D eigenvalue weighted by Crippen LogP contribution is -2.55. The van der Waals surface area contributed by atoms with E-state index in [2.05, 4.69) is 16.8 Å². The number of esters is 3. The number of aryl methyl sites for hydroxylation is 2. The van der Waals surface area contributed by atoms with E-state index in [-0.39, 0.29) is 40.8 Å². The van der Waals surface area contributed by atoms with Crippen molar-refractivity contribution in [3.8, 4) is 30.4 Å². The van der Waals surface area contributed by atoms with Crippen molar-refractivity contribution in [2.45, 2.75) is 136 Å². The van der Waals surface area contributed by atoms with Crippen LogP contribution in [-0.4, -0.2) is 96.5 Å². The minimum absolute atomic E-state index is 0.00718. The minimum atomic E-state index is -2.01. The maximum atomic E-state index is 13.7. The van der Waals surface area contributed by atoms with E-state index in [9.17, 15) is 29.7 Å². The number of benzene rings is 1. The third kappa shape index (κ3) is 12.8. The number of terminal acetylenes is 2. The third-order valence-corrected chi connectivity index (χ3v) is 12.2. The SMILES string of the molecule is C#CC(C)(C)C(OC)(OC)C(=O)OCc1cnc(C)c(OC(=O)CCC/C=C\C[C@@H]2[C@@H](CC[C@@H](O)CCc3ccccc3)[C@H](O)C[C@@H]2O)c1COC(=O)C(OC)(OC)C(C)(C)C#C. The van der Waals surface area contributed by atoms with Crippen molar-refractivity contribution in [3.05, 3.63) is 71.1 Å². The summed E-state index contributed by atoms with van der Waals surface area (Å²) in [5.41, 5.74) is -0.715. The summed E-state index contributed by atoms with van der Waals surface area (Å²) < 4.78 is 39.2. The maximum absolute atomic E-state index is 13.7. The highest BCUT2D eigenvalue weighted by Crippen LogP contribution is 2.40. The summed E-state index contributed by atoms with van der Waals surface area (Å²) in [5.74, 6) is -1.80. The van der Waals surface area contributed by atoms with Gasteiger partial charge in [-0.1, -0.05) is 54.3 Å². The van der Waals surface area contributed by atoms with Gasteiger partial charge in [0.1, 0.15) is 13.2 Å². The zero-order chi connectivity index (χ0) is 47.0. The van der Waals surface area contributed by atoms with Crippen molar-refractivity contribution in [2.75, 3.05) is 28.4 Å². The van der Waals surface area contributed by atoms with Crippen LogP contribution >= 0.6 is 0 Å². The molecule has 14 nitrogen and oxygen atoms in total. The summed E-state index contributed by atoms with van der Waals surface area (Å²) in [6, 6.07) is 9.98. The second-order valence-electron chi connectivity index (χ2n) is 16.9. The number of unbranched alkanes of at least 4 members (excludes halogenated alkanes) is 1. The first-order valence-electron chi connectivity index (χ1n) is 21.3. The van der Waals surface area contributed by atoms with E-state index in [0.717, 1.165) is 12.0 Å². The van der Waals surface area contributed by atoms with Crippen LogP contribution in [0.5, 0.6) is 5.75 Å². The maximum Gasteiger partial charge on any atom is 0.368 e. The number of hydrogen-bond acceptors (Lipinski definition) is 14. The summed E-state index contributed by atoms with van der Waals surface area (Å²) in [5, 5.41) is 32.1. The van der Waals surface area contributed by atoms with Gasteiger partial charge in [0.15, 0.2) is 5.75 Å². The predicted molar refractivity (Wildman–Crippen MR) is 234 cm³/mol. The van der Waals surface area contributed by atoms with Crippen LogP contribution in [0.3, 0.4) is 0 Å². The van der Waals surface area contributed by atoms with Crippen molar-refractivity contribution in [1.29, 1.82) is 0 Å². The first kappa shape index (κ1) is 52.7. The molecular formula is C49H67NO13. The molecule has 1 heterocycles. The quantitative estimate of drug-likeness (QED) is 0.0350. The van der Waals surface area contributed by atoms with E-state index in [4.69, 9.17) is 46.0 Å². The molecule has 346 valence electrons. The van der Waals surface area contributed by atoms with E-state index in [1.807, 2.05) is 42.5 Å². The van der Waals surface area contributed by atoms with Gasteiger partial charge in [-0.2, -0.15) is 0 Å². The molecule has 1 fully saturated rings. The fourth-order valence-corrected chi connectivity index (χ4v) is 8.10. The zero-order valence-corrected chi connectivity index (χ0v) is 38.3. The fourth-order valence-electron chi connectivity index (χ4n) is 8.10. The van der Waals surface area contributed by atoms with Gasteiger partial charge in [0.05, 0.1) is 34.8 Å². The van der Waals surface area contributed by atoms with Crippen molar-refractivity contribution in [1.82, 2.24) is 4.98 Å². The Morgan fingerprint density at radius 1 is 0.841 bits per heavy atom. The molecule has 1 aromatic carbocycles. The van der Waals surface area contributed by atoms with Crippen LogP contribution in [0.15, 0.2) is 48.7 Å². The van der Waals surface area contributed by atoms with E-state index < -0.39 is 71.8 Å². The van der Waals surface area contributed by atoms with E-state index in [1.54, 1.807) is 34.6 Å². The van der Waals surface area contributed by atoms with Gasteiger partial charge in [0, 0.05) is 52.2 Å². The molecule has 14 heteroatoms. The third-order valence-electron chi connectivity index (χ3n) is 12.2. The molecule has 0 unspecified atom stereocenters. The number of rotatable bonds is 25. The Labute approximate surface area is 373 Å². The first-order chi connectivity index (χ1) is 29.8. The van der Waals surface area contributed by atoms with Crippen molar-refractivity contribution < 1.29 is 62.9 Å². The van der Waals surface area contributed by atoms with Gasteiger partial charge < -0.3 is 48.5 Å². The molecule has 0 radical (unpaired) electrons. The molecule has 0 saturated heterocycles. The van der Waals surface area contributed by atoms with Crippen LogP contribution in [0.2, 0.25) is 0 Å². The zero-order valence-electron chi connectivity index (χ0n) is 38.3. The lowest BCUT2D eigenvalue weighted by Gasteiger charge is -2.38. The molecule has 0 spiro atoms. The predicted octanol–water partition coefficient (Wildman–Crippen LogP) is 5.93. The summed E-state index contributed by atoms with van der Waals surface area (Å²) in [6.07, 6.45) is 19.2. The molecule has 1 aromatic heterocycles. The normalized spacial score (nSPS) is 18.7. The molecule has 2 aromatic rings. The molecule has 63 heavy (non-hydrogen) atoms. The second-order valence-corrected chi connectivity index (χ2v) is 16.9. The molecule has 5 atom stereocenters. The van der Waals surface area contributed by atoms with Crippen LogP contribution in [0.4, 0.5) is 0 Å². The number of carbonyl (C=O) groups is 3. The van der Waals surface area contributed by atoms with Gasteiger partial charge in [-0.05, 0) is 103 Å². The Bertz CT molecular complexity index is 1920. The number of aliphatic hydroxyl groups excluding tert-OH is 3. The highest BCUT2D eigenvalue weighted by atomic mass is 16.7. The number of allylic oxidation sites excluding steroid dienone is 2. The van der Waals surface area contributed by atoms with E-state index in [1.165, 1.54) is 34.6 Å². The molecule has 1 aliphatic rings. The molecule has 3 N–H and O–H groups in total. The number of methoxy groups -OCH3 is 4. The highest BCUT2D eigenvalue weighted by Gasteiger charge is 2.55. The topological polar surface area (TPSA) is 189 Å². The summed E-state index contributed by atoms with van der Waals surface area (Å²) in [6.45, 7) is 6.96. The van der Waals surface area contributed by atoms with Gasteiger partial charge in [-0.3, -0.25) is 9.78 Å². The van der Waals surface area contributed by atoms with Crippen LogP contribution in [0.1, 0.15) is 101 Å². The molecule has 1 aliphatic carbocycles. The number of carbonyl (C=O) groups excluding carboxylic acids is 3. The largest absolute Gasteiger partial charge is 0.457 e. The molecule has 0 bridgehead atoms. The fraction of sp³-hybridized carbons (Fsp3) is 0.592. The number of ether oxygens (including phenoxy) is 7. The van der Waals surface area contributed by atoms with Crippen molar-refractivity contribution >= 4 is 17.9 Å². The lowest BCUT2D eigenvalue weighted by atomic mass is 9.83. The van der Waals surface area contributed by atoms with Crippen LogP contribution in [0, 0.1) is 54.3 Å². The number of aliphatic hydroxyl groups is 3. The first-order valence-corrected chi connectivity index (χ1v) is 21.3. The van der Waals surface area contributed by atoms with E-state index >= 15 is 0 Å². The molecule has 0 aliphatic heterocycles. The summed E-state index contributed by atoms with van der Waals surface area (Å²) in [4.78, 5) is 45.0. The minimum Gasteiger partial charge on any atom is -0.457 e. The van der Waals surface area contributed by atoms with Crippen molar-refractivity contribution in [3.63, 3.8) is 0 Å². The molecule has 3 rings (SSSR count). The highest BCUT2D eigenvalue weighted by molar-refractivity contribution is 5.81. The standard InChI is InChI=1S/C49H67NO13/c1-12-46(4,5)48(57-8,58-9)44(55)61-31-35-30-50-33(3)43(39(35)32-62-45(56)49(59-10,60-11)47(6,7)13-2)63-42(54)24-20-15-14-19-23-37-38(41(53)29-40(37)52)28-27-36(51)26-25-34-21-17-16-18-22-34/h1-2,14,16-19,21-22,30,36-38,40-41,51-53H,15,20,23-29,31-32H2,3-11H3/b19-14-/t36-,37+,38+,40-,41+/m0/s1. The average molecular weight is 878 g/mol. The Morgan fingerprint density at radius 3 is 1.95 bits per heavy atom. The number of pyridine rings is 1. The van der Waals surface area contributed by atoms with Gasteiger partial charge >= 0.3 is 17.9 Å². The van der Waals surface area contributed by atoms with E-state index in [0.29, 0.717) is 44.9 Å². The Hall–Kier alpha value is -4.64.